The summed E-state index contributed by atoms with van der Waals surface area (Å²) in [5, 5.41) is 0.669. The van der Waals surface area contributed by atoms with Crippen LogP contribution in [0.25, 0.3) is 0 Å². The average Bonchev–Trinajstić information content (AvgIpc) is 2.43. The van der Waals surface area contributed by atoms with Crippen LogP contribution in [0.15, 0.2) is 27.6 Å². The maximum Gasteiger partial charge on any atom is 0.0186 e. The maximum atomic E-state index is 5.64. The van der Waals surface area contributed by atoms with E-state index < -0.39 is 0 Å². The minimum Gasteiger partial charge on any atom is -0.330 e. The Balaban J connectivity index is 2.33. The predicted molar refractivity (Wildman–Crippen MR) is 65.9 cm³/mol. The molecular weight excluding hydrogens is 258 g/mol. The van der Waals surface area contributed by atoms with Crippen molar-refractivity contribution in [3.63, 3.8) is 0 Å². The number of benzene rings is 1. The fourth-order valence-electron chi connectivity index (χ4n) is 2.02. The van der Waals surface area contributed by atoms with Crippen LogP contribution in [0.5, 0.6) is 0 Å². The van der Waals surface area contributed by atoms with Gasteiger partial charge in [-0.15, -0.1) is 11.8 Å². The van der Waals surface area contributed by atoms with Gasteiger partial charge in [-0.1, -0.05) is 28.9 Å². The summed E-state index contributed by atoms with van der Waals surface area (Å²) in [6, 6.07) is 6.57. The molecule has 0 spiro atoms. The van der Waals surface area contributed by atoms with Crippen molar-refractivity contribution in [1.29, 1.82) is 0 Å². The van der Waals surface area contributed by atoms with Gasteiger partial charge in [-0.05, 0) is 36.6 Å². The minimum atomic E-state index is 0.646. The van der Waals surface area contributed by atoms with Crippen LogP contribution >= 0.6 is 27.7 Å². The topological polar surface area (TPSA) is 26.0 Å². The molecule has 2 rings (SSSR count). The molecule has 0 radical (unpaired) electrons. The van der Waals surface area contributed by atoms with E-state index in [1.807, 2.05) is 11.8 Å². The molecule has 1 aliphatic rings. The van der Waals surface area contributed by atoms with Crippen LogP contribution < -0.4 is 5.73 Å². The lowest BCUT2D eigenvalue weighted by molar-refractivity contribution is 0.633. The molecule has 2 N–H and O–H groups in total. The van der Waals surface area contributed by atoms with Crippen molar-refractivity contribution in [2.45, 2.75) is 29.4 Å². The summed E-state index contributed by atoms with van der Waals surface area (Å²) in [6.45, 7) is 3.07. The molecule has 3 heteroatoms. The second-order valence-corrected chi connectivity index (χ2v) is 6.02. The first-order valence-electron chi connectivity index (χ1n) is 4.88. The zero-order chi connectivity index (χ0) is 10.1. The van der Waals surface area contributed by atoms with E-state index in [0.717, 1.165) is 13.0 Å². The van der Waals surface area contributed by atoms with E-state index in [1.54, 1.807) is 0 Å². The smallest absolute Gasteiger partial charge is 0.0186 e. The van der Waals surface area contributed by atoms with Gasteiger partial charge in [-0.2, -0.15) is 0 Å². The molecule has 1 aromatic rings. The largest absolute Gasteiger partial charge is 0.330 e. The molecule has 1 nitrogen and oxygen atoms in total. The zero-order valence-electron chi connectivity index (χ0n) is 8.16. The third kappa shape index (κ3) is 1.86. The highest BCUT2D eigenvalue weighted by atomic mass is 79.9. The molecule has 2 unspecified atom stereocenters. The van der Waals surface area contributed by atoms with Crippen LogP contribution in [-0.4, -0.2) is 11.8 Å². The molecule has 0 saturated heterocycles. The number of hydrogen-bond donors (Lipinski definition) is 1. The Bertz CT molecular complexity index is 340. The Labute approximate surface area is 97.6 Å². The Morgan fingerprint density at radius 3 is 3.00 bits per heavy atom. The molecule has 0 bridgehead atoms. The van der Waals surface area contributed by atoms with E-state index in [9.17, 15) is 0 Å². The fraction of sp³-hybridized carbons (Fsp3) is 0.455. The first-order valence-corrected chi connectivity index (χ1v) is 6.56. The standard InChI is InChI=1S/C11H14BrNS/c1-7-9(4-5-13)10-3-2-8(12)6-11(10)14-7/h2-3,6-7,9H,4-5,13H2,1H3. The van der Waals surface area contributed by atoms with Gasteiger partial charge in [0.2, 0.25) is 0 Å². The summed E-state index contributed by atoms with van der Waals surface area (Å²) >= 11 is 5.47. The molecule has 1 aliphatic heterocycles. The SMILES string of the molecule is CC1Sc2cc(Br)ccc2C1CCN. The van der Waals surface area contributed by atoms with Gasteiger partial charge in [-0.3, -0.25) is 0 Å². The molecule has 0 amide bonds. The predicted octanol–water partition coefficient (Wildman–Crippen LogP) is 3.38. The highest BCUT2D eigenvalue weighted by Crippen LogP contribution is 2.47. The Hall–Kier alpha value is 0.01000. The molecule has 0 aliphatic carbocycles. The minimum absolute atomic E-state index is 0.646. The van der Waals surface area contributed by atoms with E-state index in [1.165, 1.54) is 14.9 Å². The van der Waals surface area contributed by atoms with E-state index in [-0.39, 0.29) is 0 Å². The molecular formula is C11H14BrNS. The van der Waals surface area contributed by atoms with Crippen LogP contribution in [0, 0.1) is 0 Å². The van der Waals surface area contributed by atoms with Crippen LogP contribution in [-0.2, 0) is 0 Å². The van der Waals surface area contributed by atoms with Crippen molar-refractivity contribution in [1.82, 2.24) is 0 Å². The normalized spacial score (nSPS) is 25.1. The molecule has 0 fully saturated rings. The van der Waals surface area contributed by atoms with E-state index >= 15 is 0 Å². The van der Waals surface area contributed by atoms with Gasteiger partial charge in [0.25, 0.3) is 0 Å². The lowest BCUT2D eigenvalue weighted by Crippen LogP contribution is -2.11. The van der Waals surface area contributed by atoms with E-state index in [0.29, 0.717) is 11.2 Å². The quantitative estimate of drug-likeness (QED) is 0.893. The van der Waals surface area contributed by atoms with Crippen molar-refractivity contribution >= 4 is 27.7 Å². The van der Waals surface area contributed by atoms with E-state index in [4.69, 9.17) is 5.73 Å². The second-order valence-electron chi connectivity index (χ2n) is 3.69. The number of thioether (sulfide) groups is 1. The van der Waals surface area contributed by atoms with Gasteiger partial charge < -0.3 is 5.73 Å². The average molecular weight is 272 g/mol. The Kier molecular flexibility index (Phi) is 3.20. The highest BCUT2D eigenvalue weighted by Gasteiger charge is 2.29. The van der Waals surface area contributed by atoms with Crippen LogP contribution in [0.3, 0.4) is 0 Å². The molecule has 1 heterocycles. The summed E-state index contributed by atoms with van der Waals surface area (Å²) in [6.07, 6.45) is 1.10. The van der Waals surface area contributed by atoms with Crippen molar-refractivity contribution in [3.8, 4) is 0 Å². The molecule has 0 saturated carbocycles. The summed E-state index contributed by atoms with van der Waals surface area (Å²) in [5.74, 6) is 0.646. The van der Waals surface area contributed by atoms with Crippen molar-refractivity contribution in [2.75, 3.05) is 6.54 Å². The molecule has 76 valence electrons. The third-order valence-corrected chi connectivity index (χ3v) is 4.53. The molecule has 2 atom stereocenters. The number of halogens is 1. The van der Waals surface area contributed by atoms with E-state index in [2.05, 4.69) is 41.1 Å². The van der Waals surface area contributed by atoms with Gasteiger partial charge in [0.05, 0.1) is 0 Å². The highest BCUT2D eigenvalue weighted by molar-refractivity contribution is 9.10. The second kappa shape index (κ2) is 4.25. The number of rotatable bonds is 2. The Morgan fingerprint density at radius 2 is 2.29 bits per heavy atom. The lowest BCUT2D eigenvalue weighted by atomic mass is 9.93. The molecule has 1 aromatic carbocycles. The monoisotopic (exact) mass is 271 g/mol. The van der Waals surface area contributed by atoms with Gasteiger partial charge >= 0.3 is 0 Å². The van der Waals surface area contributed by atoms with Crippen molar-refractivity contribution in [2.24, 2.45) is 5.73 Å². The van der Waals surface area contributed by atoms with Gasteiger partial charge in [0.15, 0.2) is 0 Å². The number of hydrogen-bond acceptors (Lipinski definition) is 2. The zero-order valence-corrected chi connectivity index (χ0v) is 10.6. The first kappa shape index (κ1) is 10.5. The van der Waals surface area contributed by atoms with Gasteiger partial charge in [0, 0.05) is 14.6 Å². The van der Waals surface area contributed by atoms with Crippen molar-refractivity contribution < 1.29 is 0 Å². The van der Waals surface area contributed by atoms with Gasteiger partial charge in [-0.25, -0.2) is 0 Å². The molecule has 14 heavy (non-hydrogen) atoms. The summed E-state index contributed by atoms with van der Waals surface area (Å²) in [7, 11) is 0. The van der Waals surface area contributed by atoms with Crippen LogP contribution in [0.4, 0.5) is 0 Å². The van der Waals surface area contributed by atoms with Crippen LogP contribution in [0.1, 0.15) is 24.8 Å². The summed E-state index contributed by atoms with van der Waals surface area (Å²) in [5.41, 5.74) is 7.12. The lowest BCUT2D eigenvalue weighted by Gasteiger charge is -2.13. The fourth-order valence-corrected chi connectivity index (χ4v) is 3.93. The first-order chi connectivity index (χ1) is 6.72. The van der Waals surface area contributed by atoms with Crippen LogP contribution in [0.2, 0.25) is 0 Å². The summed E-state index contributed by atoms with van der Waals surface area (Å²) in [4.78, 5) is 1.42. The third-order valence-electron chi connectivity index (χ3n) is 2.73. The summed E-state index contributed by atoms with van der Waals surface area (Å²) < 4.78 is 1.17. The van der Waals surface area contributed by atoms with Gasteiger partial charge in [0.1, 0.15) is 0 Å². The maximum absolute atomic E-state index is 5.64. The Morgan fingerprint density at radius 1 is 1.50 bits per heavy atom. The molecule has 0 aromatic heterocycles. The number of nitrogens with two attached hydrogens (primary N) is 1. The number of fused-ring (bicyclic) bond motifs is 1. The van der Waals surface area contributed by atoms with Crippen molar-refractivity contribution in [3.05, 3.63) is 28.2 Å².